The lowest BCUT2D eigenvalue weighted by molar-refractivity contribution is 0.201. The van der Waals surface area contributed by atoms with Gasteiger partial charge in [-0.2, -0.15) is 0 Å². The van der Waals surface area contributed by atoms with E-state index in [4.69, 9.17) is 5.11 Å². The molecule has 0 radical (unpaired) electrons. The van der Waals surface area contributed by atoms with E-state index in [9.17, 15) is 0 Å². The van der Waals surface area contributed by atoms with Crippen LogP contribution >= 0.6 is 0 Å². The second-order valence-electron chi connectivity index (χ2n) is 5.12. The maximum Gasteiger partial charge on any atom is 0.0487 e. The Morgan fingerprint density at radius 2 is 2.23 bits per heavy atom. The van der Waals surface area contributed by atoms with Crippen molar-refractivity contribution in [1.29, 1.82) is 0 Å². The Bertz CT molecular complexity index is 203. The fourth-order valence-corrected chi connectivity index (χ4v) is 2.10. The molecule has 1 saturated carbocycles. The first-order valence-corrected chi connectivity index (χ1v) is 5.24. The molecule has 0 unspecified atom stereocenters. The van der Waals surface area contributed by atoms with Gasteiger partial charge < -0.3 is 5.11 Å². The summed E-state index contributed by atoms with van der Waals surface area (Å²) in [5, 5.41) is 9.15. The first-order valence-electron chi connectivity index (χ1n) is 5.24. The van der Waals surface area contributed by atoms with E-state index < -0.39 is 0 Å². The Hall–Kier alpha value is -0.300. The Balaban J connectivity index is 2.35. The molecule has 0 amide bonds. The largest absolute Gasteiger partial charge is 0.396 e. The van der Waals surface area contributed by atoms with E-state index in [1.54, 1.807) is 0 Å². The summed E-state index contributed by atoms with van der Waals surface area (Å²) < 4.78 is 0. The van der Waals surface area contributed by atoms with Crippen LogP contribution in [0.15, 0.2) is 11.6 Å². The van der Waals surface area contributed by atoms with E-state index >= 15 is 0 Å². The SMILES string of the molecule is CC(C)=CC[C@@H](C)[C@H]1C[C@]1(C)CO. The van der Waals surface area contributed by atoms with Gasteiger partial charge in [0.2, 0.25) is 0 Å². The Morgan fingerprint density at radius 3 is 2.62 bits per heavy atom. The van der Waals surface area contributed by atoms with Gasteiger partial charge in [0, 0.05) is 6.61 Å². The van der Waals surface area contributed by atoms with E-state index in [1.165, 1.54) is 18.4 Å². The van der Waals surface area contributed by atoms with Crippen LogP contribution in [0.3, 0.4) is 0 Å². The lowest BCUT2D eigenvalue weighted by Gasteiger charge is -2.12. The van der Waals surface area contributed by atoms with Crippen molar-refractivity contribution < 1.29 is 5.11 Å². The van der Waals surface area contributed by atoms with Gasteiger partial charge in [-0.3, -0.25) is 0 Å². The molecule has 0 bridgehead atoms. The topological polar surface area (TPSA) is 20.2 Å². The Kier molecular flexibility index (Phi) is 3.18. The number of rotatable bonds is 4. The zero-order valence-corrected chi connectivity index (χ0v) is 9.30. The van der Waals surface area contributed by atoms with Crippen LogP contribution in [0.1, 0.15) is 40.5 Å². The normalized spacial score (nSPS) is 34.1. The van der Waals surface area contributed by atoms with E-state index in [0.29, 0.717) is 6.61 Å². The molecule has 0 spiro atoms. The van der Waals surface area contributed by atoms with Crippen LogP contribution in [0.5, 0.6) is 0 Å². The molecular weight excluding hydrogens is 160 g/mol. The van der Waals surface area contributed by atoms with Gasteiger partial charge in [0.15, 0.2) is 0 Å². The molecule has 1 aliphatic rings. The van der Waals surface area contributed by atoms with Gasteiger partial charge in [0.1, 0.15) is 0 Å². The number of hydrogen-bond donors (Lipinski definition) is 1. The predicted molar refractivity (Wildman–Crippen MR) is 56.5 cm³/mol. The third-order valence-electron chi connectivity index (χ3n) is 3.37. The predicted octanol–water partition coefficient (Wildman–Crippen LogP) is 3.00. The summed E-state index contributed by atoms with van der Waals surface area (Å²) in [6.07, 6.45) is 4.69. The maximum atomic E-state index is 9.15. The van der Waals surface area contributed by atoms with Crippen LogP contribution < -0.4 is 0 Å². The van der Waals surface area contributed by atoms with Crippen LogP contribution in [-0.2, 0) is 0 Å². The first kappa shape index (κ1) is 10.8. The monoisotopic (exact) mass is 182 g/mol. The molecule has 13 heavy (non-hydrogen) atoms. The summed E-state index contributed by atoms with van der Waals surface area (Å²) in [6, 6.07) is 0. The van der Waals surface area contributed by atoms with Crippen LogP contribution in [0.25, 0.3) is 0 Å². The van der Waals surface area contributed by atoms with Crippen LogP contribution in [0.2, 0.25) is 0 Å². The minimum atomic E-state index is 0.245. The summed E-state index contributed by atoms with van der Waals surface area (Å²) in [7, 11) is 0. The quantitative estimate of drug-likeness (QED) is 0.663. The van der Waals surface area contributed by atoms with Gasteiger partial charge >= 0.3 is 0 Å². The molecule has 0 aromatic rings. The number of aliphatic hydroxyl groups excluding tert-OH is 1. The average Bonchev–Trinajstić information content (AvgIpc) is 2.75. The molecule has 0 aliphatic heterocycles. The van der Waals surface area contributed by atoms with Crippen molar-refractivity contribution in [2.75, 3.05) is 6.61 Å². The van der Waals surface area contributed by atoms with E-state index in [2.05, 4.69) is 33.8 Å². The van der Waals surface area contributed by atoms with Gasteiger partial charge in [-0.1, -0.05) is 25.5 Å². The van der Waals surface area contributed by atoms with E-state index in [1.807, 2.05) is 0 Å². The van der Waals surface area contributed by atoms with Gasteiger partial charge in [0.25, 0.3) is 0 Å². The Labute approximate surface area is 81.9 Å². The zero-order chi connectivity index (χ0) is 10.1. The lowest BCUT2D eigenvalue weighted by atomic mass is 9.94. The minimum absolute atomic E-state index is 0.245. The summed E-state index contributed by atoms with van der Waals surface area (Å²) >= 11 is 0. The highest BCUT2D eigenvalue weighted by atomic mass is 16.3. The molecule has 0 heterocycles. The van der Waals surface area contributed by atoms with E-state index in [-0.39, 0.29) is 5.41 Å². The summed E-state index contributed by atoms with van der Waals surface area (Å²) in [5.41, 5.74) is 1.65. The van der Waals surface area contributed by atoms with E-state index in [0.717, 1.165) is 11.8 Å². The van der Waals surface area contributed by atoms with Crippen LogP contribution in [-0.4, -0.2) is 11.7 Å². The molecule has 0 aromatic carbocycles. The molecule has 1 rings (SSSR count). The smallest absolute Gasteiger partial charge is 0.0487 e. The molecule has 0 aromatic heterocycles. The third-order valence-corrected chi connectivity index (χ3v) is 3.37. The molecule has 1 N–H and O–H groups in total. The summed E-state index contributed by atoms with van der Waals surface area (Å²) in [6.45, 7) is 9.13. The van der Waals surface area contributed by atoms with Crippen molar-refractivity contribution >= 4 is 0 Å². The second-order valence-corrected chi connectivity index (χ2v) is 5.12. The van der Waals surface area contributed by atoms with Crippen LogP contribution in [0, 0.1) is 17.3 Å². The second kappa shape index (κ2) is 3.83. The highest BCUT2D eigenvalue weighted by Crippen LogP contribution is 2.56. The fourth-order valence-electron chi connectivity index (χ4n) is 2.10. The van der Waals surface area contributed by atoms with Gasteiger partial charge in [0.05, 0.1) is 0 Å². The van der Waals surface area contributed by atoms with Crippen LogP contribution in [0.4, 0.5) is 0 Å². The molecule has 1 heteroatoms. The minimum Gasteiger partial charge on any atom is -0.396 e. The Morgan fingerprint density at radius 1 is 1.62 bits per heavy atom. The molecular formula is C12H22O. The molecule has 1 fully saturated rings. The molecule has 1 nitrogen and oxygen atoms in total. The van der Waals surface area contributed by atoms with Crippen molar-refractivity contribution in [2.45, 2.75) is 40.5 Å². The van der Waals surface area contributed by atoms with Crippen molar-refractivity contribution in [3.05, 3.63) is 11.6 Å². The average molecular weight is 182 g/mol. The maximum absolute atomic E-state index is 9.15. The first-order chi connectivity index (χ1) is 5.99. The fraction of sp³-hybridized carbons (Fsp3) is 0.833. The van der Waals surface area contributed by atoms with Crippen molar-refractivity contribution in [3.8, 4) is 0 Å². The van der Waals surface area contributed by atoms with Gasteiger partial charge in [-0.25, -0.2) is 0 Å². The molecule has 3 atom stereocenters. The third kappa shape index (κ3) is 2.57. The highest BCUT2D eigenvalue weighted by Gasteiger charge is 2.51. The van der Waals surface area contributed by atoms with Crippen molar-refractivity contribution in [2.24, 2.45) is 17.3 Å². The molecule has 76 valence electrons. The van der Waals surface area contributed by atoms with Crippen molar-refractivity contribution in [1.82, 2.24) is 0 Å². The lowest BCUT2D eigenvalue weighted by Crippen LogP contribution is -2.09. The number of hydrogen-bond acceptors (Lipinski definition) is 1. The number of aliphatic hydroxyl groups is 1. The number of allylic oxidation sites excluding steroid dienone is 2. The molecule has 1 aliphatic carbocycles. The summed E-state index contributed by atoms with van der Waals surface area (Å²) in [5.74, 6) is 1.47. The van der Waals surface area contributed by atoms with Gasteiger partial charge in [-0.05, 0) is 43.9 Å². The standard InChI is InChI=1S/C12H22O/c1-9(2)5-6-10(3)11-7-12(11,4)8-13/h5,10-11,13H,6-8H2,1-4H3/t10-,11-,12-/m1/s1. The zero-order valence-electron chi connectivity index (χ0n) is 9.30. The summed E-state index contributed by atoms with van der Waals surface area (Å²) in [4.78, 5) is 0. The molecule has 0 saturated heterocycles. The highest BCUT2D eigenvalue weighted by molar-refractivity contribution is 5.03. The van der Waals surface area contributed by atoms with Gasteiger partial charge in [-0.15, -0.1) is 0 Å². The van der Waals surface area contributed by atoms with Crippen molar-refractivity contribution in [3.63, 3.8) is 0 Å².